The quantitative estimate of drug-likeness (QED) is 0.693. The van der Waals surface area contributed by atoms with Gasteiger partial charge in [0.05, 0.1) is 16.6 Å². The zero-order valence-corrected chi connectivity index (χ0v) is 16.1. The number of nitrogens with zero attached hydrogens (tertiary/aromatic N) is 4. The van der Waals surface area contributed by atoms with Gasteiger partial charge in [-0.05, 0) is 42.8 Å². The standard InChI is InChI=1S/C21H27N5/c1-5-25(6-2)12-11-23-20-13-16(15(3)4)17(14-22)21-24-18-9-7-8-10-19(18)26(20)21/h7-10,13,15,23H,5-6,11-12H2,1-4H3. The predicted molar refractivity (Wildman–Crippen MR) is 108 cm³/mol. The Labute approximate surface area is 155 Å². The van der Waals surface area contributed by atoms with Gasteiger partial charge in [0.1, 0.15) is 11.9 Å². The lowest BCUT2D eigenvalue weighted by molar-refractivity contribution is 0.316. The summed E-state index contributed by atoms with van der Waals surface area (Å²) in [5.74, 6) is 1.27. The number of hydrogen-bond acceptors (Lipinski definition) is 4. The van der Waals surface area contributed by atoms with E-state index in [1.54, 1.807) is 0 Å². The first-order valence-electron chi connectivity index (χ1n) is 9.41. The van der Waals surface area contributed by atoms with Crippen molar-refractivity contribution in [1.82, 2.24) is 14.3 Å². The third-order valence-electron chi connectivity index (χ3n) is 4.97. The van der Waals surface area contributed by atoms with Crippen molar-refractivity contribution in [3.05, 3.63) is 41.5 Å². The van der Waals surface area contributed by atoms with Crippen molar-refractivity contribution in [2.45, 2.75) is 33.6 Å². The molecule has 5 nitrogen and oxygen atoms in total. The highest BCUT2D eigenvalue weighted by molar-refractivity contribution is 5.85. The van der Waals surface area contributed by atoms with Crippen LogP contribution < -0.4 is 5.32 Å². The van der Waals surface area contributed by atoms with Crippen molar-refractivity contribution in [3.63, 3.8) is 0 Å². The number of para-hydroxylation sites is 2. The fraction of sp³-hybridized carbons (Fsp3) is 0.429. The second-order valence-electron chi connectivity index (χ2n) is 6.84. The van der Waals surface area contributed by atoms with E-state index in [9.17, 15) is 5.26 Å². The molecular weight excluding hydrogens is 322 g/mol. The van der Waals surface area contributed by atoms with E-state index in [1.807, 2.05) is 18.2 Å². The van der Waals surface area contributed by atoms with Gasteiger partial charge in [0.2, 0.25) is 0 Å². The molecule has 0 bridgehead atoms. The van der Waals surface area contributed by atoms with E-state index in [2.05, 4.69) is 60.5 Å². The Bertz CT molecular complexity index is 944. The van der Waals surface area contributed by atoms with Crippen molar-refractivity contribution in [2.75, 3.05) is 31.5 Å². The number of nitriles is 1. The highest BCUT2D eigenvalue weighted by Gasteiger charge is 2.18. The van der Waals surface area contributed by atoms with Gasteiger partial charge in [0, 0.05) is 13.1 Å². The second kappa shape index (κ2) is 7.76. The average molecular weight is 349 g/mol. The summed E-state index contributed by atoms with van der Waals surface area (Å²) in [4.78, 5) is 7.15. The van der Waals surface area contributed by atoms with Crippen LogP contribution in [0.5, 0.6) is 0 Å². The summed E-state index contributed by atoms with van der Waals surface area (Å²) in [6.07, 6.45) is 0. The zero-order chi connectivity index (χ0) is 18.7. The smallest absolute Gasteiger partial charge is 0.157 e. The number of imidazole rings is 1. The first kappa shape index (κ1) is 18.2. The normalized spacial score (nSPS) is 11.6. The molecule has 0 aliphatic rings. The lowest BCUT2D eigenvalue weighted by Crippen LogP contribution is -2.29. The van der Waals surface area contributed by atoms with Crippen molar-refractivity contribution in [1.29, 1.82) is 5.26 Å². The minimum atomic E-state index is 0.262. The Morgan fingerprint density at radius 2 is 1.96 bits per heavy atom. The summed E-state index contributed by atoms with van der Waals surface area (Å²) in [7, 11) is 0. The summed E-state index contributed by atoms with van der Waals surface area (Å²) < 4.78 is 2.09. The molecule has 0 atom stereocenters. The molecule has 0 amide bonds. The van der Waals surface area contributed by atoms with E-state index in [4.69, 9.17) is 4.98 Å². The number of hydrogen-bond donors (Lipinski definition) is 1. The molecule has 0 unspecified atom stereocenters. The number of fused-ring (bicyclic) bond motifs is 3. The van der Waals surface area contributed by atoms with Gasteiger partial charge in [-0.25, -0.2) is 4.98 Å². The minimum Gasteiger partial charge on any atom is -0.370 e. The van der Waals surface area contributed by atoms with Crippen LogP contribution in [0, 0.1) is 11.3 Å². The van der Waals surface area contributed by atoms with Crippen LogP contribution in [0.25, 0.3) is 16.7 Å². The molecule has 0 saturated carbocycles. The van der Waals surface area contributed by atoms with E-state index in [-0.39, 0.29) is 5.92 Å². The van der Waals surface area contributed by atoms with Crippen LogP contribution in [0.4, 0.5) is 5.82 Å². The summed E-state index contributed by atoms with van der Waals surface area (Å²) in [6, 6.07) is 12.6. The molecule has 0 saturated heterocycles. The molecule has 26 heavy (non-hydrogen) atoms. The van der Waals surface area contributed by atoms with Crippen LogP contribution in [0.15, 0.2) is 30.3 Å². The molecule has 0 spiro atoms. The predicted octanol–water partition coefficient (Wildman–Crippen LogP) is 4.24. The molecule has 0 aliphatic heterocycles. The van der Waals surface area contributed by atoms with E-state index in [0.717, 1.165) is 54.2 Å². The van der Waals surface area contributed by atoms with Crippen molar-refractivity contribution >= 4 is 22.5 Å². The molecule has 5 heteroatoms. The SMILES string of the molecule is CCN(CC)CCNc1cc(C(C)C)c(C#N)c2nc3ccccc3n12. The lowest BCUT2D eigenvalue weighted by atomic mass is 9.99. The number of nitrogens with one attached hydrogen (secondary N) is 1. The molecule has 136 valence electrons. The first-order valence-corrected chi connectivity index (χ1v) is 9.41. The van der Waals surface area contributed by atoms with Crippen LogP contribution in [0.3, 0.4) is 0 Å². The molecule has 2 heterocycles. The third-order valence-corrected chi connectivity index (χ3v) is 4.97. The van der Waals surface area contributed by atoms with Crippen LogP contribution in [0.1, 0.15) is 44.7 Å². The summed E-state index contributed by atoms with van der Waals surface area (Å²) in [5, 5.41) is 13.3. The van der Waals surface area contributed by atoms with Crippen LogP contribution in [0.2, 0.25) is 0 Å². The Hall–Kier alpha value is -2.58. The molecule has 3 rings (SSSR count). The van der Waals surface area contributed by atoms with Gasteiger partial charge in [-0.1, -0.05) is 39.8 Å². The highest BCUT2D eigenvalue weighted by atomic mass is 15.2. The van der Waals surface area contributed by atoms with Crippen molar-refractivity contribution < 1.29 is 0 Å². The molecule has 0 radical (unpaired) electrons. The number of likely N-dealkylation sites (N-methyl/N-ethyl adjacent to an activating group) is 1. The van der Waals surface area contributed by atoms with E-state index >= 15 is 0 Å². The zero-order valence-electron chi connectivity index (χ0n) is 16.1. The van der Waals surface area contributed by atoms with Crippen LogP contribution >= 0.6 is 0 Å². The molecule has 1 aromatic carbocycles. The number of aromatic nitrogens is 2. The first-order chi connectivity index (χ1) is 12.6. The van der Waals surface area contributed by atoms with Crippen molar-refractivity contribution in [2.24, 2.45) is 0 Å². The van der Waals surface area contributed by atoms with Gasteiger partial charge in [-0.2, -0.15) is 5.26 Å². The number of rotatable bonds is 7. The van der Waals surface area contributed by atoms with Gasteiger partial charge in [0.15, 0.2) is 5.65 Å². The Morgan fingerprint density at radius 3 is 2.62 bits per heavy atom. The number of anilines is 1. The second-order valence-corrected chi connectivity index (χ2v) is 6.84. The fourth-order valence-electron chi connectivity index (χ4n) is 3.43. The maximum atomic E-state index is 9.76. The topological polar surface area (TPSA) is 56.4 Å². The molecule has 0 aliphatic carbocycles. The molecule has 2 aromatic heterocycles. The molecule has 0 fully saturated rings. The van der Waals surface area contributed by atoms with E-state index in [0.29, 0.717) is 5.56 Å². The van der Waals surface area contributed by atoms with Gasteiger partial charge in [0.25, 0.3) is 0 Å². The van der Waals surface area contributed by atoms with Gasteiger partial charge >= 0.3 is 0 Å². The van der Waals surface area contributed by atoms with Gasteiger partial charge in [-0.3, -0.25) is 4.40 Å². The van der Waals surface area contributed by atoms with Gasteiger partial charge in [-0.15, -0.1) is 0 Å². The molecular formula is C21H27N5. The summed E-state index contributed by atoms with van der Waals surface area (Å²) in [5.41, 5.74) is 4.40. The number of benzene rings is 1. The molecule has 3 aromatic rings. The van der Waals surface area contributed by atoms with Crippen LogP contribution in [-0.4, -0.2) is 40.5 Å². The number of pyridine rings is 1. The Kier molecular flexibility index (Phi) is 5.43. The third kappa shape index (κ3) is 3.25. The Morgan fingerprint density at radius 1 is 1.23 bits per heavy atom. The maximum absolute atomic E-state index is 9.76. The van der Waals surface area contributed by atoms with E-state index in [1.165, 1.54) is 0 Å². The van der Waals surface area contributed by atoms with Crippen LogP contribution in [-0.2, 0) is 0 Å². The minimum absolute atomic E-state index is 0.262. The van der Waals surface area contributed by atoms with Crippen molar-refractivity contribution in [3.8, 4) is 6.07 Å². The monoisotopic (exact) mass is 349 g/mol. The maximum Gasteiger partial charge on any atom is 0.157 e. The summed E-state index contributed by atoms with van der Waals surface area (Å²) in [6.45, 7) is 12.5. The summed E-state index contributed by atoms with van der Waals surface area (Å²) >= 11 is 0. The van der Waals surface area contributed by atoms with Gasteiger partial charge < -0.3 is 10.2 Å². The Balaban J connectivity index is 2.12. The lowest BCUT2D eigenvalue weighted by Gasteiger charge is -2.20. The highest BCUT2D eigenvalue weighted by Crippen LogP contribution is 2.30. The fourth-order valence-corrected chi connectivity index (χ4v) is 3.43. The molecule has 1 N–H and O–H groups in total. The van der Waals surface area contributed by atoms with E-state index < -0.39 is 0 Å². The average Bonchev–Trinajstić information content (AvgIpc) is 3.04. The largest absolute Gasteiger partial charge is 0.370 e.